The number of sulfonamides is 1. The van der Waals surface area contributed by atoms with E-state index in [0.29, 0.717) is 12.2 Å². The molecule has 0 aliphatic rings. The molecule has 0 spiro atoms. The van der Waals surface area contributed by atoms with Gasteiger partial charge in [0.1, 0.15) is 0 Å². The number of para-hydroxylation sites is 1. The lowest BCUT2D eigenvalue weighted by Crippen LogP contribution is -2.35. The monoisotopic (exact) mass is 370 g/mol. The zero-order valence-electron chi connectivity index (χ0n) is 15.1. The number of ether oxygens (including phenoxy) is 1. The van der Waals surface area contributed by atoms with Gasteiger partial charge >= 0.3 is 5.97 Å². The van der Waals surface area contributed by atoms with Gasteiger partial charge in [0.05, 0.1) is 24.1 Å². The normalized spacial score (nSPS) is 11.6. The maximum absolute atomic E-state index is 12.2. The molecule has 0 aromatic heterocycles. The first-order valence-electron chi connectivity index (χ1n) is 8.16. The highest BCUT2D eigenvalue weighted by Crippen LogP contribution is 2.17. The second kappa shape index (κ2) is 9.53. The van der Waals surface area contributed by atoms with Gasteiger partial charge in [-0.1, -0.05) is 26.0 Å². The van der Waals surface area contributed by atoms with E-state index in [1.807, 2.05) is 13.8 Å². The lowest BCUT2D eigenvalue weighted by atomic mass is 10.1. The van der Waals surface area contributed by atoms with Crippen LogP contribution in [0.25, 0.3) is 0 Å². The van der Waals surface area contributed by atoms with Gasteiger partial charge < -0.3 is 10.1 Å². The Kier molecular flexibility index (Phi) is 8.05. The zero-order chi connectivity index (χ0) is 19.0. The lowest BCUT2D eigenvalue weighted by Gasteiger charge is -2.21. The average Bonchev–Trinajstić information content (AvgIpc) is 2.50. The van der Waals surface area contributed by atoms with Crippen molar-refractivity contribution < 1.29 is 22.7 Å². The first-order chi connectivity index (χ1) is 11.6. The summed E-state index contributed by atoms with van der Waals surface area (Å²) < 4.78 is 29.8. The highest BCUT2D eigenvalue weighted by molar-refractivity contribution is 7.88. The first-order valence-corrected chi connectivity index (χ1v) is 10.0. The van der Waals surface area contributed by atoms with E-state index in [2.05, 4.69) is 5.32 Å². The van der Waals surface area contributed by atoms with Crippen LogP contribution in [0.2, 0.25) is 0 Å². The third-order valence-corrected chi connectivity index (χ3v) is 4.59. The van der Waals surface area contributed by atoms with E-state index in [-0.39, 0.29) is 37.0 Å². The topological polar surface area (TPSA) is 92.8 Å². The highest BCUT2D eigenvalue weighted by Gasteiger charge is 2.20. The Hall–Kier alpha value is -1.93. The molecule has 0 aliphatic carbocycles. The van der Waals surface area contributed by atoms with Crippen LogP contribution in [0.4, 0.5) is 5.69 Å². The fraction of sp³-hybridized carbons (Fsp3) is 0.529. The van der Waals surface area contributed by atoms with Crippen LogP contribution in [0.1, 0.15) is 37.6 Å². The maximum Gasteiger partial charge on any atom is 0.340 e. The van der Waals surface area contributed by atoms with Gasteiger partial charge in [0.15, 0.2) is 0 Å². The SMILES string of the molecule is CCOC(=O)c1ccccc1NC(=O)CCN(CC(C)C)S(C)(=O)=O. The molecular weight excluding hydrogens is 344 g/mol. The molecule has 1 N–H and O–H groups in total. The van der Waals surface area contributed by atoms with Crippen molar-refractivity contribution in [2.45, 2.75) is 27.2 Å². The Morgan fingerprint density at radius 1 is 1.24 bits per heavy atom. The minimum atomic E-state index is -3.38. The van der Waals surface area contributed by atoms with Crippen molar-refractivity contribution in [3.05, 3.63) is 29.8 Å². The fourth-order valence-corrected chi connectivity index (χ4v) is 3.21. The van der Waals surface area contributed by atoms with Crippen molar-refractivity contribution in [1.29, 1.82) is 0 Å². The Labute approximate surface area is 149 Å². The number of hydrogen-bond donors (Lipinski definition) is 1. The molecular formula is C17H26N2O5S. The number of amides is 1. The number of carbonyl (C=O) groups excluding carboxylic acids is 2. The van der Waals surface area contributed by atoms with Crippen molar-refractivity contribution in [3.63, 3.8) is 0 Å². The van der Waals surface area contributed by atoms with Gasteiger partial charge in [-0.2, -0.15) is 0 Å². The molecule has 0 radical (unpaired) electrons. The number of esters is 1. The number of anilines is 1. The third-order valence-electron chi connectivity index (χ3n) is 3.32. The van der Waals surface area contributed by atoms with E-state index in [9.17, 15) is 18.0 Å². The Morgan fingerprint density at radius 2 is 1.88 bits per heavy atom. The summed E-state index contributed by atoms with van der Waals surface area (Å²) in [7, 11) is -3.38. The molecule has 7 nitrogen and oxygen atoms in total. The number of benzene rings is 1. The number of nitrogens with zero attached hydrogens (tertiary/aromatic N) is 1. The van der Waals surface area contributed by atoms with E-state index >= 15 is 0 Å². The van der Waals surface area contributed by atoms with Gasteiger partial charge in [-0.15, -0.1) is 0 Å². The predicted molar refractivity (Wildman–Crippen MR) is 96.9 cm³/mol. The molecule has 0 atom stereocenters. The van der Waals surface area contributed by atoms with Crippen LogP contribution >= 0.6 is 0 Å². The van der Waals surface area contributed by atoms with Crippen molar-refractivity contribution in [1.82, 2.24) is 4.31 Å². The summed E-state index contributed by atoms with van der Waals surface area (Å²) in [6.45, 7) is 6.20. The smallest absolute Gasteiger partial charge is 0.340 e. The molecule has 25 heavy (non-hydrogen) atoms. The summed E-state index contributed by atoms with van der Waals surface area (Å²) in [5, 5.41) is 2.65. The molecule has 1 aromatic rings. The predicted octanol–water partition coefficient (Wildman–Crippen LogP) is 2.11. The van der Waals surface area contributed by atoms with Gasteiger partial charge in [-0.25, -0.2) is 17.5 Å². The fourth-order valence-electron chi connectivity index (χ4n) is 2.22. The Balaban J connectivity index is 2.75. The maximum atomic E-state index is 12.2. The van der Waals surface area contributed by atoms with E-state index in [0.717, 1.165) is 6.26 Å². The summed E-state index contributed by atoms with van der Waals surface area (Å²) in [6.07, 6.45) is 1.13. The minimum Gasteiger partial charge on any atom is -0.462 e. The molecule has 0 fully saturated rings. The molecule has 8 heteroatoms. The number of carbonyl (C=O) groups is 2. The molecule has 0 saturated carbocycles. The van der Waals surface area contributed by atoms with Crippen molar-refractivity contribution in [2.24, 2.45) is 5.92 Å². The molecule has 140 valence electrons. The van der Waals surface area contributed by atoms with Crippen LogP contribution in [0.3, 0.4) is 0 Å². The summed E-state index contributed by atoms with van der Waals surface area (Å²) in [5.41, 5.74) is 0.612. The summed E-state index contributed by atoms with van der Waals surface area (Å²) >= 11 is 0. The summed E-state index contributed by atoms with van der Waals surface area (Å²) in [6, 6.07) is 6.54. The Morgan fingerprint density at radius 3 is 2.44 bits per heavy atom. The standard InChI is InChI=1S/C17H26N2O5S/c1-5-24-17(21)14-8-6-7-9-15(14)18-16(20)10-11-19(12-13(2)3)25(4,22)23/h6-9,13H,5,10-12H2,1-4H3,(H,18,20). The van der Waals surface area contributed by atoms with Crippen molar-refractivity contribution in [2.75, 3.05) is 31.3 Å². The quantitative estimate of drug-likeness (QED) is 0.672. The molecule has 1 rings (SSSR count). The van der Waals surface area contributed by atoms with Crippen LogP contribution in [0, 0.1) is 5.92 Å². The average molecular weight is 370 g/mol. The van der Waals surface area contributed by atoms with Crippen LogP contribution in [-0.4, -0.2) is 50.6 Å². The molecule has 1 aromatic carbocycles. The van der Waals surface area contributed by atoms with Crippen LogP contribution < -0.4 is 5.32 Å². The minimum absolute atomic E-state index is 0.00303. The van der Waals surface area contributed by atoms with E-state index in [1.165, 1.54) is 4.31 Å². The van der Waals surface area contributed by atoms with Gasteiger partial charge in [0.2, 0.25) is 15.9 Å². The third kappa shape index (κ3) is 7.23. The van der Waals surface area contributed by atoms with Gasteiger partial charge in [-0.3, -0.25) is 4.79 Å². The van der Waals surface area contributed by atoms with Crippen LogP contribution in [-0.2, 0) is 19.6 Å². The number of rotatable bonds is 9. The van der Waals surface area contributed by atoms with E-state index in [1.54, 1.807) is 31.2 Å². The molecule has 0 unspecified atom stereocenters. The van der Waals surface area contributed by atoms with E-state index in [4.69, 9.17) is 4.74 Å². The second-order valence-corrected chi connectivity index (χ2v) is 8.06. The lowest BCUT2D eigenvalue weighted by molar-refractivity contribution is -0.116. The number of nitrogens with one attached hydrogen (secondary N) is 1. The summed E-state index contributed by atoms with van der Waals surface area (Å²) in [5.74, 6) is -0.729. The largest absolute Gasteiger partial charge is 0.462 e. The van der Waals surface area contributed by atoms with Crippen LogP contribution in [0.5, 0.6) is 0 Å². The van der Waals surface area contributed by atoms with Crippen molar-refractivity contribution in [3.8, 4) is 0 Å². The van der Waals surface area contributed by atoms with Gasteiger partial charge in [0.25, 0.3) is 0 Å². The van der Waals surface area contributed by atoms with Crippen molar-refractivity contribution >= 4 is 27.6 Å². The first kappa shape index (κ1) is 21.1. The molecule has 0 aliphatic heterocycles. The molecule has 0 bridgehead atoms. The number of hydrogen-bond acceptors (Lipinski definition) is 5. The summed E-state index contributed by atoms with van der Waals surface area (Å²) in [4.78, 5) is 24.1. The molecule has 1 amide bonds. The van der Waals surface area contributed by atoms with Gasteiger partial charge in [-0.05, 0) is 25.0 Å². The molecule has 0 saturated heterocycles. The van der Waals surface area contributed by atoms with E-state index < -0.39 is 16.0 Å². The highest BCUT2D eigenvalue weighted by atomic mass is 32.2. The zero-order valence-corrected chi connectivity index (χ0v) is 15.9. The molecule has 0 heterocycles. The second-order valence-electron chi connectivity index (χ2n) is 6.08. The Bertz CT molecular complexity index is 701. The van der Waals surface area contributed by atoms with Gasteiger partial charge in [0, 0.05) is 19.5 Å². The van der Waals surface area contributed by atoms with Crippen LogP contribution in [0.15, 0.2) is 24.3 Å².